The summed E-state index contributed by atoms with van der Waals surface area (Å²) >= 11 is 0. The molecule has 0 fully saturated rings. The van der Waals surface area contributed by atoms with E-state index in [1.807, 2.05) is 13.8 Å². The summed E-state index contributed by atoms with van der Waals surface area (Å²) in [6, 6.07) is 3.35. The minimum absolute atomic E-state index is 0.111. The molecule has 2 N–H and O–H groups in total. The van der Waals surface area contributed by atoms with E-state index in [0.29, 0.717) is 29.9 Å². The lowest BCUT2D eigenvalue weighted by Gasteiger charge is -2.05. The van der Waals surface area contributed by atoms with Gasteiger partial charge in [0.25, 0.3) is 10.0 Å². The highest BCUT2D eigenvalue weighted by atomic mass is 32.2. The molecule has 6 nitrogen and oxygen atoms in total. The first-order chi connectivity index (χ1) is 9.35. The zero-order chi connectivity index (χ0) is 15.2. The van der Waals surface area contributed by atoms with Crippen LogP contribution in [-0.2, 0) is 27.4 Å². The molecule has 0 bridgehead atoms. The van der Waals surface area contributed by atoms with Crippen molar-refractivity contribution in [1.82, 2.24) is 10.0 Å². The lowest BCUT2D eigenvalue weighted by Crippen LogP contribution is -2.28. The second-order valence-corrected chi connectivity index (χ2v) is 8.15. The highest BCUT2D eigenvalue weighted by molar-refractivity contribution is 7.89. The summed E-state index contributed by atoms with van der Waals surface area (Å²) in [6.07, 6.45) is 0. The van der Waals surface area contributed by atoms with E-state index >= 15 is 0 Å². The van der Waals surface area contributed by atoms with E-state index in [0.717, 1.165) is 0 Å². The molecule has 0 saturated heterocycles. The van der Waals surface area contributed by atoms with Gasteiger partial charge in [0.1, 0.15) is 5.76 Å². The zero-order valence-electron chi connectivity index (χ0n) is 12.0. The first-order valence-corrected chi connectivity index (χ1v) is 9.49. The Morgan fingerprint density at radius 2 is 2.05 bits per heavy atom. The molecule has 1 unspecified atom stereocenters. The van der Waals surface area contributed by atoms with E-state index in [9.17, 15) is 12.6 Å². The van der Waals surface area contributed by atoms with E-state index in [4.69, 9.17) is 4.42 Å². The van der Waals surface area contributed by atoms with Crippen LogP contribution in [0.3, 0.4) is 0 Å². The number of sulfonamides is 1. The van der Waals surface area contributed by atoms with E-state index in [-0.39, 0.29) is 11.6 Å². The number of nitrogens with one attached hydrogen (secondary N) is 2. The Bertz CT molecular complexity index is 537. The van der Waals surface area contributed by atoms with Crippen molar-refractivity contribution < 1.29 is 17.0 Å². The molecule has 0 radical (unpaired) electrons. The number of rotatable bonds is 9. The summed E-state index contributed by atoms with van der Waals surface area (Å²) in [5.74, 6) is 1.39. The Morgan fingerprint density at radius 3 is 2.65 bits per heavy atom. The highest BCUT2D eigenvalue weighted by Gasteiger charge is 2.18. The van der Waals surface area contributed by atoms with E-state index in [1.54, 1.807) is 13.0 Å². The summed E-state index contributed by atoms with van der Waals surface area (Å²) < 4.78 is 42.8. The first kappa shape index (κ1) is 17.4. The maximum absolute atomic E-state index is 11.9. The largest absolute Gasteiger partial charge is 0.447 e. The monoisotopic (exact) mass is 322 g/mol. The SMILES string of the molecule is CCS(=O)CCNS(=O)(=O)c1ccc(CNC(C)C)o1. The first-order valence-electron chi connectivity index (χ1n) is 6.52. The van der Waals surface area contributed by atoms with Gasteiger partial charge in [-0.3, -0.25) is 4.21 Å². The number of furan rings is 1. The second-order valence-electron chi connectivity index (χ2n) is 4.59. The van der Waals surface area contributed by atoms with Crippen molar-refractivity contribution in [2.45, 2.75) is 38.5 Å². The molecule has 116 valence electrons. The van der Waals surface area contributed by atoms with Gasteiger partial charge in [-0.05, 0) is 12.1 Å². The average Bonchev–Trinajstić information content (AvgIpc) is 2.85. The summed E-state index contributed by atoms with van der Waals surface area (Å²) in [5, 5.41) is 3.03. The van der Waals surface area contributed by atoms with E-state index in [1.165, 1.54) is 6.07 Å². The molecule has 1 rings (SSSR count). The van der Waals surface area contributed by atoms with Gasteiger partial charge in [0, 0.05) is 34.9 Å². The number of hydrogen-bond acceptors (Lipinski definition) is 5. The van der Waals surface area contributed by atoms with Gasteiger partial charge in [-0.25, -0.2) is 13.1 Å². The van der Waals surface area contributed by atoms with Gasteiger partial charge in [0.2, 0.25) is 5.09 Å². The smallest absolute Gasteiger partial charge is 0.273 e. The van der Waals surface area contributed by atoms with Gasteiger partial charge in [-0.1, -0.05) is 20.8 Å². The third-order valence-corrected chi connectivity index (χ3v) is 5.17. The predicted molar refractivity (Wildman–Crippen MR) is 79.4 cm³/mol. The van der Waals surface area contributed by atoms with Gasteiger partial charge < -0.3 is 9.73 Å². The summed E-state index contributed by atoms with van der Waals surface area (Å²) in [6.45, 7) is 6.41. The topological polar surface area (TPSA) is 88.4 Å². The zero-order valence-corrected chi connectivity index (χ0v) is 13.6. The molecular weight excluding hydrogens is 300 g/mol. The average molecular weight is 322 g/mol. The molecule has 0 spiro atoms. The second kappa shape index (κ2) is 7.92. The minimum Gasteiger partial charge on any atom is -0.447 e. The summed E-state index contributed by atoms with van der Waals surface area (Å²) in [4.78, 5) is 0. The van der Waals surface area contributed by atoms with Gasteiger partial charge in [0.05, 0.1) is 6.54 Å². The standard InChI is InChI=1S/C12H22N2O4S2/c1-4-19(15)8-7-14-20(16,17)12-6-5-11(18-12)9-13-10(2)3/h5-6,10,13-14H,4,7-9H2,1-3H3. The molecule has 1 atom stereocenters. The van der Waals surface area contributed by atoms with Crippen LogP contribution in [0.2, 0.25) is 0 Å². The molecular formula is C12H22N2O4S2. The van der Waals surface area contributed by atoms with Crippen molar-refractivity contribution in [3.8, 4) is 0 Å². The summed E-state index contributed by atoms with van der Waals surface area (Å²) in [5.41, 5.74) is 0. The fourth-order valence-electron chi connectivity index (χ4n) is 1.41. The molecule has 0 aliphatic heterocycles. The van der Waals surface area contributed by atoms with Gasteiger partial charge in [0.15, 0.2) is 0 Å². The Balaban J connectivity index is 2.57. The van der Waals surface area contributed by atoms with Crippen LogP contribution in [0.5, 0.6) is 0 Å². The molecule has 1 aromatic rings. The molecule has 0 saturated carbocycles. The van der Waals surface area contributed by atoms with Crippen molar-refractivity contribution in [3.63, 3.8) is 0 Å². The van der Waals surface area contributed by atoms with Crippen LogP contribution < -0.4 is 10.0 Å². The highest BCUT2D eigenvalue weighted by Crippen LogP contribution is 2.13. The quantitative estimate of drug-likeness (QED) is 0.703. The maximum atomic E-state index is 11.9. The predicted octanol–water partition coefficient (Wildman–Crippen LogP) is 0.824. The summed E-state index contributed by atoms with van der Waals surface area (Å²) in [7, 11) is -4.65. The van der Waals surface area contributed by atoms with Crippen LogP contribution in [0.4, 0.5) is 0 Å². The third-order valence-electron chi connectivity index (χ3n) is 2.53. The van der Waals surface area contributed by atoms with Gasteiger partial charge in [-0.15, -0.1) is 0 Å². The minimum atomic E-state index is -3.66. The third kappa shape index (κ3) is 5.74. The van der Waals surface area contributed by atoms with Crippen molar-refractivity contribution in [2.24, 2.45) is 0 Å². The molecule has 8 heteroatoms. The van der Waals surface area contributed by atoms with Gasteiger partial charge >= 0.3 is 0 Å². The van der Waals surface area contributed by atoms with Crippen molar-refractivity contribution in [3.05, 3.63) is 17.9 Å². The van der Waals surface area contributed by atoms with Gasteiger partial charge in [-0.2, -0.15) is 0 Å². The van der Waals surface area contributed by atoms with Crippen molar-refractivity contribution >= 4 is 20.8 Å². The molecule has 20 heavy (non-hydrogen) atoms. The number of hydrogen-bond donors (Lipinski definition) is 2. The van der Waals surface area contributed by atoms with Crippen LogP contribution in [0.25, 0.3) is 0 Å². The molecule has 0 amide bonds. The lowest BCUT2D eigenvalue weighted by atomic mass is 10.3. The van der Waals surface area contributed by atoms with Crippen molar-refractivity contribution in [2.75, 3.05) is 18.1 Å². The Morgan fingerprint density at radius 1 is 1.35 bits per heavy atom. The lowest BCUT2D eigenvalue weighted by molar-refractivity contribution is 0.393. The van der Waals surface area contributed by atoms with Crippen LogP contribution in [0.1, 0.15) is 26.5 Å². The van der Waals surface area contributed by atoms with E-state index in [2.05, 4.69) is 10.0 Å². The van der Waals surface area contributed by atoms with E-state index < -0.39 is 20.8 Å². The maximum Gasteiger partial charge on any atom is 0.273 e. The fourth-order valence-corrected chi connectivity index (χ4v) is 3.13. The Labute approximate surface area is 122 Å². The Kier molecular flexibility index (Phi) is 6.87. The normalized spacial score (nSPS) is 13.8. The van der Waals surface area contributed by atoms with Crippen molar-refractivity contribution in [1.29, 1.82) is 0 Å². The van der Waals surface area contributed by atoms with Crippen LogP contribution in [0, 0.1) is 0 Å². The molecule has 0 aliphatic rings. The molecule has 1 heterocycles. The fraction of sp³-hybridized carbons (Fsp3) is 0.667. The van der Waals surface area contributed by atoms with Crippen LogP contribution in [-0.4, -0.2) is 36.7 Å². The Hall–Kier alpha value is -0.700. The molecule has 0 aliphatic carbocycles. The van der Waals surface area contributed by atoms with Crippen LogP contribution in [0.15, 0.2) is 21.6 Å². The van der Waals surface area contributed by atoms with Crippen LogP contribution >= 0.6 is 0 Å². The molecule has 0 aromatic carbocycles. The molecule has 1 aromatic heterocycles.